The summed E-state index contributed by atoms with van der Waals surface area (Å²) in [5.74, 6) is 0.106. The van der Waals surface area contributed by atoms with Crippen molar-refractivity contribution in [1.82, 2.24) is 9.44 Å². The Morgan fingerprint density at radius 3 is 2.40 bits per heavy atom. The van der Waals surface area contributed by atoms with E-state index in [1.165, 1.54) is 13.1 Å². The van der Waals surface area contributed by atoms with Gasteiger partial charge in [0.1, 0.15) is 5.84 Å². The van der Waals surface area contributed by atoms with E-state index in [2.05, 4.69) is 14.4 Å². The third-order valence-corrected chi connectivity index (χ3v) is 6.56. The third-order valence-electron chi connectivity index (χ3n) is 3.85. The summed E-state index contributed by atoms with van der Waals surface area (Å²) in [6, 6.07) is 13.6. The molecule has 2 aromatic carbocycles. The monoisotopic (exact) mass is 379 g/mol. The largest absolute Gasteiger partial charge is 0.263 e. The lowest BCUT2D eigenvalue weighted by Gasteiger charge is -2.08. The van der Waals surface area contributed by atoms with Crippen molar-refractivity contribution in [2.24, 2.45) is 4.99 Å². The Hall–Kier alpha value is -2.23. The average molecular weight is 379 g/mol. The molecule has 0 amide bonds. The zero-order chi connectivity index (χ0) is 18.1. The lowest BCUT2D eigenvalue weighted by Crippen LogP contribution is -2.22. The molecule has 1 heterocycles. The van der Waals surface area contributed by atoms with Gasteiger partial charge in [0, 0.05) is 5.56 Å². The van der Waals surface area contributed by atoms with Gasteiger partial charge in [0.25, 0.3) is 10.0 Å². The second-order valence-electron chi connectivity index (χ2n) is 5.50. The van der Waals surface area contributed by atoms with Gasteiger partial charge < -0.3 is 0 Å². The molecule has 0 saturated carbocycles. The highest BCUT2D eigenvalue weighted by Gasteiger charge is 2.30. The van der Waals surface area contributed by atoms with Crippen LogP contribution in [-0.2, 0) is 32.3 Å². The normalized spacial score (nSPS) is 17.2. The zero-order valence-electron chi connectivity index (χ0n) is 13.4. The average Bonchev–Trinajstić information content (AvgIpc) is 2.85. The van der Waals surface area contributed by atoms with Crippen LogP contribution in [0.2, 0.25) is 0 Å². The fourth-order valence-electron chi connectivity index (χ4n) is 2.54. The van der Waals surface area contributed by atoms with Gasteiger partial charge in [-0.15, -0.1) is 0 Å². The predicted octanol–water partition coefficient (Wildman–Crippen LogP) is 0.974. The van der Waals surface area contributed by atoms with E-state index in [0.29, 0.717) is 11.1 Å². The molecular weight excluding hydrogens is 362 g/mol. The van der Waals surface area contributed by atoms with Crippen molar-refractivity contribution in [2.45, 2.75) is 17.2 Å². The maximum atomic E-state index is 12.1. The minimum atomic E-state index is -3.59. The van der Waals surface area contributed by atoms with Crippen LogP contribution in [0.1, 0.15) is 16.7 Å². The number of nitrogens with one attached hydrogen (secondary N) is 2. The molecular formula is C16H17N3O4S2. The smallest absolute Gasteiger partial charge is 0.263 e. The van der Waals surface area contributed by atoms with Gasteiger partial charge in [0.05, 0.1) is 17.2 Å². The molecule has 25 heavy (non-hydrogen) atoms. The van der Waals surface area contributed by atoms with Crippen molar-refractivity contribution in [3.63, 3.8) is 0 Å². The second kappa shape index (κ2) is 6.58. The fourth-order valence-corrected chi connectivity index (χ4v) is 4.63. The Morgan fingerprint density at radius 1 is 1.04 bits per heavy atom. The molecule has 0 atom stereocenters. The minimum absolute atomic E-state index is 0.160. The number of hydrogen-bond acceptors (Lipinski definition) is 5. The summed E-state index contributed by atoms with van der Waals surface area (Å²) < 4.78 is 52.5. The van der Waals surface area contributed by atoms with E-state index >= 15 is 0 Å². The molecule has 9 heteroatoms. The second-order valence-corrected chi connectivity index (χ2v) is 9.08. The molecule has 0 bridgehead atoms. The summed E-state index contributed by atoms with van der Waals surface area (Å²) in [5.41, 5.74) is 1.86. The lowest BCUT2D eigenvalue weighted by molar-refractivity contribution is 0.587. The van der Waals surface area contributed by atoms with E-state index in [9.17, 15) is 16.8 Å². The summed E-state index contributed by atoms with van der Waals surface area (Å²) in [6.07, 6.45) is 0. The van der Waals surface area contributed by atoms with Crippen molar-refractivity contribution in [2.75, 3.05) is 7.05 Å². The maximum absolute atomic E-state index is 12.1. The van der Waals surface area contributed by atoms with E-state index in [0.717, 1.165) is 5.56 Å². The van der Waals surface area contributed by atoms with Crippen molar-refractivity contribution < 1.29 is 16.8 Å². The van der Waals surface area contributed by atoms with Crippen molar-refractivity contribution in [3.8, 4) is 0 Å². The van der Waals surface area contributed by atoms with E-state index in [1.54, 1.807) is 42.5 Å². The number of rotatable bonds is 5. The molecule has 0 saturated heterocycles. The van der Waals surface area contributed by atoms with E-state index < -0.39 is 20.0 Å². The Kier molecular flexibility index (Phi) is 4.63. The molecule has 2 aromatic rings. The molecule has 1 aliphatic heterocycles. The zero-order valence-corrected chi connectivity index (χ0v) is 15.1. The van der Waals surface area contributed by atoms with Crippen molar-refractivity contribution in [3.05, 3.63) is 65.2 Å². The van der Waals surface area contributed by atoms with Gasteiger partial charge >= 0.3 is 0 Å². The summed E-state index contributed by atoms with van der Waals surface area (Å²) in [5, 5.41) is 0. The number of nitrogens with zero attached hydrogens (tertiary/aromatic N) is 1. The van der Waals surface area contributed by atoms with Crippen LogP contribution in [0.15, 0.2) is 58.4 Å². The summed E-state index contributed by atoms with van der Waals surface area (Å²) >= 11 is 0. The van der Waals surface area contributed by atoms with E-state index in [1.807, 2.05) is 0 Å². The first-order valence-electron chi connectivity index (χ1n) is 7.47. The molecule has 0 aromatic heterocycles. The molecule has 2 N–H and O–H groups in total. The van der Waals surface area contributed by atoms with Crippen LogP contribution >= 0.6 is 0 Å². The Morgan fingerprint density at radius 2 is 1.68 bits per heavy atom. The van der Waals surface area contributed by atoms with Crippen LogP contribution in [0.3, 0.4) is 0 Å². The van der Waals surface area contributed by atoms with Gasteiger partial charge in [-0.1, -0.05) is 36.4 Å². The number of amidine groups is 1. The number of fused-ring (bicyclic) bond motifs is 1. The van der Waals surface area contributed by atoms with E-state index in [-0.39, 0.29) is 23.0 Å². The standard InChI is InChI=1S/C16H17N3O4S2/c1-17-24(20,21)11-13-7-3-2-6-12(13)10-18-16-14-8-4-5-9-15(14)25(22,23)19-16/h2-9,17H,10-11H2,1H3,(H,18,19). The quantitative estimate of drug-likeness (QED) is 0.808. The van der Waals surface area contributed by atoms with Gasteiger partial charge in [-0.05, 0) is 30.3 Å². The first-order valence-corrected chi connectivity index (χ1v) is 10.6. The first kappa shape index (κ1) is 17.6. The highest BCUT2D eigenvalue weighted by molar-refractivity contribution is 7.90. The summed E-state index contributed by atoms with van der Waals surface area (Å²) in [6.45, 7) is 0.168. The molecule has 0 spiro atoms. The first-order chi connectivity index (χ1) is 11.8. The number of hydrogen-bond donors (Lipinski definition) is 2. The van der Waals surface area contributed by atoms with Crippen LogP contribution in [0.5, 0.6) is 0 Å². The fraction of sp³-hybridized carbons (Fsp3) is 0.188. The molecule has 0 aliphatic carbocycles. The van der Waals surface area contributed by atoms with Crippen LogP contribution in [0, 0.1) is 0 Å². The number of benzene rings is 2. The lowest BCUT2D eigenvalue weighted by atomic mass is 10.1. The molecule has 3 rings (SSSR count). The van der Waals surface area contributed by atoms with Gasteiger partial charge in [-0.3, -0.25) is 9.71 Å². The Balaban J connectivity index is 1.92. The molecule has 0 radical (unpaired) electrons. The van der Waals surface area contributed by atoms with Gasteiger partial charge in [0.2, 0.25) is 10.0 Å². The minimum Gasteiger partial charge on any atom is -0.263 e. The van der Waals surface area contributed by atoms with Gasteiger partial charge in [-0.25, -0.2) is 21.6 Å². The van der Waals surface area contributed by atoms with E-state index in [4.69, 9.17) is 0 Å². The highest BCUT2D eigenvalue weighted by atomic mass is 32.2. The predicted molar refractivity (Wildman–Crippen MR) is 95.1 cm³/mol. The Labute approximate surface area is 146 Å². The number of aliphatic imine (C=N–C) groups is 1. The molecule has 7 nitrogen and oxygen atoms in total. The van der Waals surface area contributed by atoms with Crippen LogP contribution < -0.4 is 9.44 Å². The third kappa shape index (κ3) is 3.73. The van der Waals surface area contributed by atoms with Crippen LogP contribution in [-0.4, -0.2) is 29.7 Å². The van der Waals surface area contributed by atoms with Crippen LogP contribution in [0.25, 0.3) is 0 Å². The topological polar surface area (TPSA) is 105 Å². The van der Waals surface area contributed by atoms with Crippen LogP contribution in [0.4, 0.5) is 0 Å². The summed E-state index contributed by atoms with van der Waals surface area (Å²) in [4.78, 5) is 4.55. The number of sulfonamides is 2. The van der Waals surface area contributed by atoms with Crippen molar-refractivity contribution >= 4 is 25.9 Å². The molecule has 0 unspecified atom stereocenters. The molecule has 132 valence electrons. The highest BCUT2D eigenvalue weighted by Crippen LogP contribution is 2.23. The Bertz CT molecular complexity index is 1040. The molecule has 0 fully saturated rings. The van der Waals surface area contributed by atoms with Gasteiger partial charge in [-0.2, -0.15) is 0 Å². The van der Waals surface area contributed by atoms with Crippen molar-refractivity contribution in [1.29, 1.82) is 0 Å². The summed E-state index contributed by atoms with van der Waals surface area (Å²) in [7, 11) is -5.63. The molecule has 1 aliphatic rings. The van der Waals surface area contributed by atoms with Gasteiger partial charge in [0.15, 0.2) is 0 Å². The maximum Gasteiger partial charge on any atom is 0.263 e. The SMILES string of the molecule is CNS(=O)(=O)Cc1ccccc1CN=C1NS(=O)(=O)c2ccccc21.